The van der Waals surface area contributed by atoms with Gasteiger partial charge in [-0.25, -0.2) is 0 Å². The summed E-state index contributed by atoms with van der Waals surface area (Å²) < 4.78 is 0. The van der Waals surface area contributed by atoms with E-state index >= 15 is 0 Å². The summed E-state index contributed by atoms with van der Waals surface area (Å²) in [5.41, 5.74) is 2.48. The van der Waals surface area contributed by atoms with Gasteiger partial charge in [-0.1, -0.05) is 48.5 Å². The predicted molar refractivity (Wildman–Crippen MR) is 111 cm³/mol. The summed E-state index contributed by atoms with van der Waals surface area (Å²) in [7, 11) is 1.85. The number of likely N-dealkylation sites (N-methyl/N-ethyl adjacent to an activating group) is 1. The molecule has 146 valence electrons. The Balaban J connectivity index is 1.65. The Morgan fingerprint density at radius 1 is 0.964 bits per heavy atom. The minimum absolute atomic E-state index is 0.101. The lowest BCUT2D eigenvalue weighted by molar-refractivity contribution is -0.133. The monoisotopic (exact) mass is 376 g/mol. The number of carbonyl (C=O) groups is 2. The fraction of sp³-hybridized carbons (Fsp3) is 0.417. The van der Waals surface area contributed by atoms with Crippen LogP contribution in [0.5, 0.6) is 0 Å². The normalized spacial score (nSPS) is 21.7. The highest BCUT2D eigenvalue weighted by Gasteiger charge is 2.49. The zero-order valence-electron chi connectivity index (χ0n) is 16.6. The van der Waals surface area contributed by atoms with Gasteiger partial charge in [-0.2, -0.15) is 0 Å². The van der Waals surface area contributed by atoms with Crippen molar-refractivity contribution in [3.05, 3.63) is 65.7 Å². The molecule has 2 amide bonds. The average molecular weight is 376 g/mol. The van der Waals surface area contributed by atoms with E-state index in [1.54, 1.807) is 4.90 Å². The maximum Gasteiger partial charge on any atom is 0.237 e. The molecule has 0 bridgehead atoms. The first kappa shape index (κ1) is 18.7. The molecule has 0 radical (unpaired) electrons. The Labute approximate surface area is 167 Å². The molecule has 2 aliphatic rings. The Morgan fingerprint density at radius 3 is 2.39 bits per heavy atom. The van der Waals surface area contributed by atoms with Crippen molar-refractivity contribution in [2.75, 3.05) is 25.0 Å². The van der Waals surface area contributed by atoms with Crippen LogP contribution in [0.25, 0.3) is 0 Å². The summed E-state index contributed by atoms with van der Waals surface area (Å²) in [6.45, 7) is 1.71. The molecule has 2 aromatic rings. The Bertz CT molecular complexity index is 858. The number of amides is 2. The van der Waals surface area contributed by atoms with Gasteiger partial charge in [0.05, 0.1) is 5.41 Å². The lowest BCUT2D eigenvalue weighted by atomic mass is 9.73. The van der Waals surface area contributed by atoms with Gasteiger partial charge in [-0.15, -0.1) is 0 Å². The summed E-state index contributed by atoms with van der Waals surface area (Å²) in [6.07, 6.45) is 4.98. The molecule has 0 unspecified atom stereocenters. The van der Waals surface area contributed by atoms with E-state index in [-0.39, 0.29) is 11.8 Å². The fourth-order valence-electron chi connectivity index (χ4n) is 4.78. The van der Waals surface area contributed by atoms with E-state index in [1.807, 2.05) is 48.3 Å². The van der Waals surface area contributed by atoms with E-state index in [1.165, 1.54) is 6.42 Å². The van der Waals surface area contributed by atoms with E-state index in [4.69, 9.17) is 0 Å². The summed E-state index contributed by atoms with van der Waals surface area (Å²) in [6, 6.07) is 18.2. The topological polar surface area (TPSA) is 40.6 Å². The molecular formula is C24H28N2O2. The average Bonchev–Trinajstić information content (AvgIpc) is 2.96. The van der Waals surface area contributed by atoms with E-state index in [9.17, 15) is 9.59 Å². The SMILES string of the molecule is CN1C(=O)[C@@](CCC(=O)N2CCCCC2)(Cc2ccccc2)c2ccccc21. The molecule has 4 heteroatoms. The molecule has 2 aliphatic heterocycles. The van der Waals surface area contributed by atoms with Crippen molar-refractivity contribution >= 4 is 17.5 Å². The molecule has 0 aliphatic carbocycles. The summed E-state index contributed by atoms with van der Waals surface area (Å²) in [4.78, 5) is 30.1. The maximum absolute atomic E-state index is 13.5. The van der Waals surface area contributed by atoms with Crippen molar-refractivity contribution in [3.8, 4) is 0 Å². The van der Waals surface area contributed by atoms with Gasteiger partial charge in [0.2, 0.25) is 11.8 Å². The summed E-state index contributed by atoms with van der Waals surface area (Å²) >= 11 is 0. The third-order valence-corrected chi connectivity index (χ3v) is 6.32. The van der Waals surface area contributed by atoms with Gasteiger partial charge in [-0.05, 0) is 49.3 Å². The number of likely N-dealkylation sites (tertiary alicyclic amines) is 1. The van der Waals surface area contributed by atoms with Crippen molar-refractivity contribution in [2.24, 2.45) is 0 Å². The van der Waals surface area contributed by atoms with Crippen LogP contribution in [0.3, 0.4) is 0 Å². The van der Waals surface area contributed by atoms with E-state index in [0.29, 0.717) is 19.3 Å². The van der Waals surface area contributed by atoms with Crippen molar-refractivity contribution in [2.45, 2.75) is 43.9 Å². The maximum atomic E-state index is 13.5. The largest absolute Gasteiger partial charge is 0.343 e. The second-order valence-electron chi connectivity index (χ2n) is 8.07. The Kier molecular flexibility index (Phi) is 5.21. The highest BCUT2D eigenvalue weighted by Crippen LogP contribution is 2.46. The molecule has 2 heterocycles. The first-order chi connectivity index (χ1) is 13.6. The van der Waals surface area contributed by atoms with Gasteiger partial charge in [0, 0.05) is 32.2 Å². The molecule has 1 saturated heterocycles. The predicted octanol–water partition coefficient (Wildman–Crippen LogP) is 3.94. The number of anilines is 1. The minimum atomic E-state index is -0.669. The third kappa shape index (κ3) is 3.32. The van der Waals surface area contributed by atoms with Gasteiger partial charge >= 0.3 is 0 Å². The molecule has 1 atom stereocenters. The molecule has 28 heavy (non-hydrogen) atoms. The van der Waals surface area contributed by atoms with Crippen molar-refractivity contribution in [1.82, 2.24) is 4.90 Å². The fourth-order valence-corrected chi connectivity index (χ4v) is 4.78. The number of hydrogen-bond acceptors (Lipinski definition) is 2. The lowest BCUT2D eigenvalue weighted by Gasteiger charge is -2.31. The molecule has 4 nitrogen and oxygen atoms in total. The first-order valence-electron chi connectivity index (χ1n) is 10.3. The van der Waals surface area contributed by atoms with Crippen LogP contribution in [-0.2, 0) is 21.4 Å². The molecule has 0 spiro atoms. The number of rotatable bonds is 5. The zero-order chi connectivity index (χ0) is 19.6. The second-order valence-corrected chi connectivity index (χ2v) is 8.07. The van der Waals surface area contributed by atoms with Crippen LogP contribution in [0.2, 0.25) is 0 Å². The van der Waals surface area contributed by atoms with Crippen LogP contribution < -0.4 is 4.90 Å². The van der Waals surface area contributed by atoms with Crippen molar-refractivity contribution in [3.63, 3.8) is 0 Å². The van der Waals surface area contributed by atoms with E-state index in [0.717, 1.165) is 42.7 Å². The number of carbonyl (C=O) groups excluding carboxylic acids is 2. The molecule has 0 aromatic heterocycles. The van der Waals surface area contributed by atoms with Gasteiger partial charge in [0.25, 0.3) is 0 Å². The van der Waals surface area contributed by atoms with Gasteiger partial charge in [-0.3, -0.25) is 9.59 Å². The van der Waals surface area contributed by atoms with Crippen LogP contribution in [-0.4, -0.2) is 36.9 Å². The van der Waals surface area contributed by atoms with Crippen molar-refractivity contribution in [1.29, 1.82) is 0 Å². The number of nitrogens with zero attached hydrogens (tertiary/aromatic N) is 2. The standard InChI is InChI=1S/C24H28N2O2/c1-25-21-13-7-6-12-20(21)24(23(25)28,18-19-10-4-2-5-11-19)15-14-22(27)26-16-8-3-9-17-26/h2,4-7,10-13H,3,8-9,14-18H2,1H3/t24-/m0/s1. The number of benzene rings is 2. The smallest absolute Gasteiger partial charge is 0.237 e. The van der Waals surface area contributed by atoms with Crippen LogP contribution in [0, 0.1) is 0 Å². The van der Waals surface area contributed by atoms with E-state index < -0.39 is 5.41 Å². The van der Waals surface area contributed by atoms with Crippen molar-refractivity contribution < 1.29 is 9.59 Å². The number of fused-ring (bicyclic) bond motifs is 1. The van der Waals surface area contributed by atoms with E-state index in [2.05, 4.69) is 18.2 Å². The highest BCUT2D eigenvalue weighted by molar-refractivity contribution is 6.08. The number of hydrogen-bond donors (Lipinski definition) is 0. The highest BCUT2D eigenvalue weighted by atomic mass is 16.2. The Hall–Kier alpha value is -2.62. The van der Waals surface area contributed by atoms with Gasteiger partial charge in [0.15, 0.2) is 0 Å². The van der Waals surface area contributed by atoms with Gasteiger partial charge < -0.3 is 9.80 Å². The molecule has 4 rings (SSSR count). The second kappa shape index (κ2) is 7.78. The number of para-hydroxylation sites is 1. The molecule has 2 aromatic carbocycles. The molecule has 0 saturated carbocycles. The zero-order valence-corrected chi connectivity index (χ0v) is 16.6. The lowest BCUT2D eigenvalue weighted by Crippen LogP contribution is -2.42. The molecule has 0 N–H and O–H groups in total. The molecule has 1 fully saturated rings. The third-order valence-electron chi connectivity index (χ3n) is 6.32. The van der Waals surface area contributed by atoms with Crippen LogP contribution in [0.1, 0.15) is 43.2 Å². The van der Waals surface area contributed by atoms with Crippen LogP contribution in [0.4, 0.5) is 5.69 Å². The summed E-state index contributed by atoms with van der Waals surface area (Å²) in [5.74, 6) is 0.288. The summed E-state index contributed by atoms with van der Waals surface area (Å²) in [5, 5.41) is 0. The van der Waals surface area contributed by atoms with Crippen LogP contribution >= 0.6 is 0 Å². The number of piperidine rings is 1. The quantitative estimate of drug-likeness (QED) is 0.793. The minimum Gasteiger partial charge on any atom is -0.343 e. The molecular weight excluding hydrogens is 348 g/mol. The first-order valence-corrected chi connectivity index (χ1v) is 10.3. The van der Waals surface area contributed by atoms with Crippen LogP contribution in [0.15, 0.2) is 54.6 Å². The van der Waals surface area contributed by atoms with Gasteiger partial charge in [0.1, 0.15) is 0 Å². The Morgan fingerprint density at radius 2 is 1.64 bits per heavy atom.